The van der Waals surface area contributed by atoms with Crippen molar-refractivity contribution in [3.63, 3.8) is 0 Å². The Balaban J connectivity index is 0.739. The highest BCUT2D eigenvalue weighted by molar-refractivity contribution is 6.00. The van der Waals surface area contributed by atoms with Gasteiger partial charge in [-0.3, -0.25) is 28.3 Å². The van der Waals surface area contributed by atoms with Crippen LogP contribution in [0, 0.1) is 0 Å². The van der Waals surface area contributed by atoms with E-state index in [4.69, 9.17) is 4.42 Å². The number of aromatic nitrogens is 5. The molecule has 2 aliphatic heterocycles. The quantitative estimate of drug-likeness (QED) is 0.0953. The smallest absolute Gasteiger partial charge is 0.327 e. The molecule has 71 heavy (non-hydrogen) atoms. The van der Waals surface area contributed by atoms with E-state index >= 15 is 0 Å². The molecule has 0 bridgehead atoms. The van der Waals surface area contributed by atoms with E-state index in [2.05, 4.69) is 25.6 Å². The van der Waals surface area contributed by atoms with Gasteiger partial charge in [0.25, 0.3) is 11.8 Å². The number of aromatic amines is 2. The number of imidazole rings is 2. The Hall–Kier alpha value is -9.05. The molecule has 2 fully saturated rings. The topological polar surface area (TPSA) is 200 Å². The van der Waals surface area contributed by atoms with Crippen molar-refractivity contribution < 1.29 is 23.6 Å². The lowest BCUT2D eigenvalue weighted by molar-refractivity contribution is -0.138. The van der Waals surface area contributed by atoms with Gasteiger partial charge < -0.3 is 34.8 Å². The fourth-order valence-corrected chi connectivity index (χ4v) is 10.1. The van der Waals surface area contributed by atoms with Gasteiger partial charge in [0.05, 0.1) is 28.3 Å². The summed E-state index contributed by atoms with van der Waals surface area (Å²) >= 11 is 0. The molecule has 3 aromatic heterocycles. The van der Waals surface area contributed by atoms with Gasteiger partial charge in [-0.2, -0.15) is 0 Å². The number of H-pyrrole nitrogens is 2. The predicted molar refractivity (Wildman–Crippen MR) is 268 cm³/mol. The number of oxazole rings is 1. The minimum atomic E-state index is -0.976. The second-order valence-corrected chi connectivity index (χ2v) is 17.8. The predicted octanol–water partition coefficient (Wildman–Crippen LogP) is 7.73. The summed E-state index contributed by atoms with van der Waals surface area (Å²) in [6.07, 6.45) is 3.82. The number of amides is 4. The van der Waals surface area contributed by atoms with Gasteiger partial charge in [0, 0.05) is 35.6 Å². The Morgan fingerprint density at radius 3 is 1.42 bits per heavy atom. The van der Waals surface area contributed by atoms with Crippen molar-refractivity contribution >= 4 is 57.1 Å². The zero-order valence-electron chi connectivity index (χ0n) is 38.2. The van der Waals surface area contributed by atoms with Gasteiger partial charge >= 0.3 is 11.4 Å². The summed E-state index contributed by atoms with van der Waals surface area (Å²) < 4.78 is 9.11. The zero-order valence-corrected chi connectivity index (χ0v) is 38.2. The number of benzene rings is 6. The summed E-state index contributed by atoms with van der Waals surface area (Å²) in [6, 6.07) is 43.5. The summed E-state index contributed by atoms with van der Waals surface area (Å²) in [7, 11) is 0. The molecule has 16 nitrogen and oxygen atoms in total. The maximum absolute atomic E-state index is 14.5. The standard InChI is InChI=1S/C55H47N9O7/c65-49(44-21-11-31-61(44)52(67)47(35-13-3-1-4-14-35)63-42-19-9-7-17-40(42)59-54(63)69)57-38-27-23-34(24-28-38)46-33-56-51(71-46)37-25-29-39(30-26-37)58-50(66)45-22-12-32-62(45)53(68)48(36-15-5-2-6-16-36)64-43-20-10-8-18-41(43)60-55(64)70/h1-10,13-20,23-30,33,44-45,47-48H,11-12,21-22,31-32H2,(H,57,65)(H,58,66)(H,59,69)(H,60,70)/t44-,45-,47?,48?/m0/s1. The molecule has 2 unspecified atom stereocenters. The molecule has 4 amide bonds. The summed E-state index contributed by atoms with van der Waals surface area (Å²) in [6.45, 7) is 0.744. The molecule has 16 heteroatoms. The molecule has 2 aliphatic rings. The van der Waals surface area contributed by atoms with Crippen LogP contribution in [0.2, 0.25) is 0 Å². The van der Waals surface area contributed by atoms with E-state index in [1.165, 1.54) is 9.13 Å². The SMILES string of the molecule is O=C(Nc1ccc(-c2cnc(-c3ccc(NC(=O)[C@@H]4CCCN4C(=O)C(c4ccccc4)n4c(=O)[nH]c5ccccc54)cc3)o2)cc1)[C@@H]1CCCN1C(=O)C(c1ccccc1)n1c(=O)[nH]c2ccccc21. The van der Waals surface area contributed by atoms with E-state index < -0.39 is 35.5 Å². The van der Waals surface area contributed by atoms with Crippen LogP contribution >= 0.6 is 0 Å². The normalized spacial score (nSPS) is 16.6. The molecule has 4 N–H and O–H groups in total. The zero-order chi connectivity index (χ0) is 48.6. The van der Waals surface area contributed by atoms with E-state index in [-0.39, 0.29) is 23.6 Å². The fraction of sp³-hybridized carbons (Fsp3) is 0.182. The largest absolute Gasteiger partial charge is 0.436 e. The first-order valence-electron chi connectivity index (χ1n) is 23.6. The summed E-state index contributed by atoms with van der Waals surface area (Å²) in [4.78, 5) is 96.8. The number of likely N-dealkylation sites (tertiary alicyclic amines) is 2. The molecule has 354 valence electrons. The van der Waals surface area contributed by atoms with Crippen molar-refractivity contribution in [2.45, 2.75) is 49.9 Å². The van der Waals surface area contributed by atoms with Gasteiger partial charge in [0.1, 0.15) is 24.2 Å². The molecular weight excluding hydrogens is 899 g/mol. The van der Waals surface area contributed by atoms with Crippen LogP contribution in [0.3, 0.4) is 0 Å². The molecule has 0 saturated carbocycles. The Labute approximate surface area is 405 Å². The molecule has 4 atom stereocenters. The molecular formula is C55H47N9O7. The van der Waals surface area contributed by atoms with Crippen LogP contribution < -0.4 is 22.0 Å². The third kappa shape index (κ3) is 8.49. The summed E-state index contributed by atoms with van der Waals surface area (Å²) in [5.74, 6) is -0.473. The van der Waals surface area contributed by atoms with Crippen LogP contribution in [-0.4, -0.2) is 82.7 Å². The van der Waals surface area contributed by atoms with Crippen molar-refractivity contribution in [2.75, 3.05) is 23.7 Å². The number of fused-ring (bicyclic) bond motifs is 2. The van der Waals surface area contributed by atoms with Crippen LogP contribution in [0.5, 0.6) is 0 Å². The molecule has 9 aromatic rings. The Kier molecular flexibility index (Phi) is 11.8. The molecule has 0 radical (unpaired) electrons. The van der Waals surface area contributed by atoms with Gasteiger partial charge in [-0.05, 0) is 110 Å². The van der Waals surface area contributed by atoms with Crippen molar-refractivity contribution in [1.82, 2.24) is 33.9 Å². The molecule has 0 aliphatic carbocycles. The molecule has 0 spiro atoms. The summed E-state index contributed by atoms with van der Waals surface area (Å²) in [5.41, 5.74) is 5.34. The maximum Gasteiger partial charge on any atom is 0.327 e. The third-order valence-corrected chi connectivity index (χ3v) is 13.5. The molecule has 5 heterocycles. The average molecular weight is 946 g/mol. The van der Waals surface area contributed by atoms with E-state index in [1.54, 1.807) is 76.7 Å². The molecule has 2 saturated heterocycles. The Morgan fingerprint density at radius 2 is 0.958 bits per heavy atom. The first kappa shape index (κ1) is 44.5. The van der Waals surface area contributed by atoms with Crippen molar-refractivity contribution in [3.05, 3.63) is 196 Å². The van der Waals surface area contributed by atoms with E-state index in [9.17, 15) is 28.8 Å². The fourth-order valence-electron chi connectivity index (χ4n) is 10.1. The van der Waals surface area contributed by atoms with Crippen LogP contribution in [-0.2, 0) is 19.2 Å². The first-order chi connectivity index (χ1) is 34.7. The van der Waals surface area contributed by atoms with Gasteiger partial charge in [-0.25, -0.2) is 14.6 Å². The number of para-hydroxylation sites is 4. The van der Waals surface area contributed by atoms with Gasteiger partial charge in [-0.15, -0.1) is 0 Å². The number of hydrogen-bond donors (Lipinski definition) is 4. The van der Waals surface area contributed by atoms with Crippen LogP contribution in [0.4, 0.5) is 11.4 Å². The minimum Gasteiger partial charge on any atom is -0.436 e. The number of nitrogens with one attached hydrogen (secondary N) is 4. The van der Waals surface area contributed by atoms with Crippen LogP contribution in [0.25, 0.3) is 44.8 Å². The highest BCUT2D eigenvalue weighted by Gasteiger charge is 2.41. The summed E-state index contributed by atoms with van der Waals surface area (Å²) in [5, 5.41) is 5.97. The number of nitrogens with zero attached hydrogens (tertiary/aromatic N) is 5. The van der Waals surface area contributed by atoms with Gasteiger partial charge in [0.2, 0.25) is 17.7 Å². The lowest BCUT2D eigenvalue weighted by atomic mass is 10.0. The first-order valence-corrected chi connectivity index (χ1v) is 23.6. The lowest BCUT2D eigenvalue weighted by Gasteiger charge is -2.29. The number of anilines is 2. The Morgan fingerprint density at radius 1 is 0.535 bits per heavy atom. The minimum absolute atomic E-state index is 0.325. The second kappa shape index (κ2) is 18.8. The third-order valence-electron chi connectivity index (χ3n) is 13.5. The highest BCUT2D eigenvalue weighted by Crippen LogP contribution is 2.33. The van der Waals surface area contributed by atoms with E-state index in [0.717, 1.165) is 5.56 Å². The Bertz CT molecular complexity index is 3330. The van der Waals surface area contributed by atoms with Crippen molar-refractivity contribution in [1.29, 1.82) is 0 Å². The number of hydrogen-bond acceptors (Lipinski definition) is 8. The van der Waals surface area contributed by atoms with Crippen molar-refractivity contribution in [3.8, 4) is 22.8 Å². The number of carbonyl (C=O) groups excluding carboxylic acids is 4. The lowest BCUT2D eigenvalue weighted by Crippen LogP contribution is -2.47. The average Bonchev–Trinajstić information content (AvgIpc) is 4.27. The monoisotopic (exact) mass is 945 g/mol. The van der Waals surface area contributed by atoms with Crippen molar-refractivity contribution in [2.24, 2.45) is 0 Å². The highest BCUT2D eigenvalue weighted by atomic mass is 16.4. The van der Waals surface area contributed by atoms with Crippen LogP contribution in [0.1, 0.15) is 48.9 Å². The van der Waals surface area contributed by atoms with Gasteiger partial charge in [0.15, 0.2) is 5.76 Å². The van der Waals surface area contributed by atoms with Gasteiger partial charge in [-0.1, -0.05) is 84.9 Å². The van der Waals surface area contributed by atoms with E-state index in [1.807, 2.05) is 97.1 Å². The maximum atomic E-state index is 14.5. The second-order valence-electron chi connectivity index (χ2n) is 17.8. The number of rotatable bonds is 12. The molecule has 11 rings (SSSR count). The van der Waals surface area contributed by atoms with E-state index in [0.29, 0.717) is 101 Å². The molecule has 6 aromatic carbocycles. The van der Waals surface area contributed by atoms with Crippen LogP contribution in [0.15, 0.2) is 178 Å². The number of carbonyl (C=O) groups is 4.